The fourth-order valence-electron chi connectivity index (χ4n) is 0.869. The molecule has 0 bridgehead atoms. The quantitative estimate of drug-likeness (QED) is 0.605. The van der Waals surface area contributed by atoms with E-state index in [9.17, 15) is 4.79 Å². The Morgan fingerprint density at radius 3 is 3.07 bits per heavy atom. The average Bonchev–Trinajstić information content (AvgIpc) is 2.61. The van der Waals surface area contributed by atoms with E-state index >= 15 is 0 Å². The van der Waals surface area contributed by atoms with Gasteiger partial charge in [0.15, 0.2) is 0 Å². The predicted molar refractivity (Wildman–Crippen MR) is 58.5 cm³/mol. The van der Waals surface area contributed by atoms with E-state index in [2.05, 4.69) is 0 Å². The summed E-state index contributed by atoms with van der Waals surface area (Å²) >= 11 is 2.88. The summed E-state index contributed by atoms with van der Waals surface area (Å²) in [7, 11) is 0. The molecule has 1 N–H and O–H groups in total. The van der Waals surface area contributed by atoms with Gasteiger partial charge in [-0.2, -0.15) is 0 Å². The first-order valence-corrected chi connectivity index (χ1v) is 6.13. The van der Waals surface area contributed by atoms with Gasteiger partial charge >= 0.3 is 5.97 Å². The highest BCUT2D eigenvalue weighted by Crippen LogP contribution is 2.24. The van der Waals surface area contributed by atoms with Gasteiger partial charge in [-0.25, -0.2) is 4.79 Å². The molecule has 0 aromatic carbocycles. The van der Waals surface area contributed by atoms with Gasteiger partial charge in [-0.3, -0.25) is 0 Å². The Kier molecular flexibility index (Phi) is 5.00. The van der Waals surface area contributed by atoms with Crippen LogP contribution in [0.5, 0.6) is 0 Å². The summed E-state index contributed by atoms with van der Waals surface area (Å²) < 4.78 is 5.18. The summed E-state index contributed by atoms with van der Waals surface area (Å²) in [5, 5.41) is 10.5. The molecule has 0 atom stereocenters. The molecule has 1 rings (SSSR count). The van der Waals surface area contributed by atoms with Crippen molar-refractivity contribution in [2.24, 2.45) is 0 Å². The number of carboxylic acids is 1. The van der Waals surface area contributed by atoms with Gasteiger partial charge in [0, 0.05) is 22.6 Å². The van der Waals surface area contributed by atoms with Crippen LogP contribution in [0.3, 0.4) is 0 Å². The SMILES string of the molecule is CCOCCSc1csc(C(=O)O)c1. The van der Waals surface area contributed by atoms with E-state index in [1.54, 1.807) is 17.8 Å². The van der Waals surface area contributed by atoms with Gasteiger partial charge < -0.3 is 9.84 Å². The highest BCUT2D eigenvalue weighted by molar-refractivity contribution is 7.99. The Labute approximate surface area is 91.1 Å². The molecule has 0 amide bonds. The molecule has 0 unspecified atom stereocenters. The van der Waals surface area contributed by atoms with Gasteiger partial charge in [0.2, 0.25) is 0 Å². The molecular weight excluding hydrogens is 220 g/mol. The van der Waals surface area contributed by atoms with Crippen molar-refractivity contribution in [2.45, 2.75) is 11.8 Å². The van der Waals surface area contributed by atoms with Crippen LogP contribution in [0.4, 0.5) is 0 Å². The molecule has 78 valence electrons. The van der Waals surface area contributed by atoms with Crippen molar-refractivity contribution in [2.75, 3.05) is 19.0 Å². The number of rotatable bonds is 6. The van der Waals surface area contributed by atoms with Crippen molar-refractivity contribution < 1.29 is 14.6 Å². The van der Waals surface area contributed by atoms with Gasteiger partial charge in [-0.05, 0) is 13.0 Å². The van der Waals surface area contributed by atoms with Crippen LogP contribution < -0.4 is 0 Å². The number of hydrogen-bond donors (Lipinski definition) is 1. The van der Waals surface area contributed by atoms with Crippen molar-refractivity contribution in [3.8, 4) is 0 Å². The second-order valence-electron chi connectivity index (χ2n) is 2.50. The summed E-state index contributed by atoms with van der Waals surface area (Å²) in [4.78, 5) is 12.0. The van der Waals surface area contributed by atoms with E-state index < -0.39 is 5.97 Å². The number of thiophene rings is 1. The molecule has 0 fully saturated rings. The Hall–Kier alpha value is -0.520. The second-order valence-corrected chi connectivity index (χ2v) is 4.58. The van der Waals surface area contributed by atoms with Crippen LogP contribution in [0.1, 0.15) is 16.6 Å². The maximum absolute atomic E-state index is 10.6. The summed E-state index contributed by atoms with van der Waals surface area (Å²) in [6.45, 7) is 3.39. The van der Waals surface area contributed by atoms with Crippen LogP contribution in [-0.4, -0.2) is 30.0 Å². The molecular formula is C9H12O3S2. The molecule has 0 aliphatic rings. The lowest BCUT2D eigenvalue weighted by Crippen LogP contribution is -1.95. The number of aromatic carboxylic acids is 1. The van der Waals surface area contributed by atoms with Gasteiger partial charge in [-0.1, -0.05) is 0 Å². The van der Waals surface area contributed by atoms with E-state index in [4.69, 9.17) is 9.84 Å². The zero-order chi connectivity index (χ0) is 10.4. The molecule has 1 aromatic heterocycles. The molecule has 5 heteroatoms. The number of carboxylic acid groups (broad SMARTS) is 1. The maximum atomic E-state index is 10.6. The first kappa shape index (κ1) is 11.6. The molecule has 1 heterocycles. The van der Waals surface area contributed by atoms with E-state index in [1.807, 2.05) is 12.3 Å². The molecule has 0 aliphatic carbocycles. The highest BCUT2D eigenvalue weighted by Gasteiger charge is 2.06. The van der Waals surface area contributed by atoms with Crippen LogP contribution in [-0.2, 0) is 4.74 Å². The van der Waals surface area contributed by atoms with Gasteiger partial charge in [-0.15, -0.1) is 23.1 Å². The Bertz CT molecular complexity index is 296. The fourth-order valence-corrected chi connectivity index (χ4v) is 2.61. The number of hydrogen-bond acceptors (Lipinski definition) is 4. The van der Waals surface area contributed by atoms with Crippen molar-refractivity contribution >= 4 is 29.1 Å². The van der Waals surface area contributed by atoms with E-state index in [1.165, 1.54) is 11.3 Å². The minimum Gasteiger partial charge on any atom is -0.477 e. The molecule has 14 heavy (non-hydrogen) atoms. The van der Waals surface area contributed by atoms with Gasteiger partial charge in [0.25, 0.3) is 0 Å². The first-order valence-electron chi connectivity index (χ1n) is 4.26. The smallest absolute Gasteiger partial charge is 0.345 e. The Morgan fingerprint density at radius 2 is 2.50 bits per heavy atom. The average molecular weight is 232 g/mol. The minimum atomic E-state index is -0.855. The van der Waals surface area contributed by atoms with Crippen molar-refractivity contribution in [3.05, 3.63) is 16.3 Å². The lowest BCUT2D eigenvalue weighted by atomic mass is 10.5. The van der Waals surface area contributed by atoms with Crippen LogP contribution in [0.2, 0.25) is 0 Å². The third-order valence-corrected chi connectivity index (χ3v) is 3.49. The predicted octanol–water partition coefficient (Wildman–Crippen LogP) is 2.57. The summed E-state index contributed by atoms with van der Waals surface area (Å²) in [6, 6.07) is 1.70. The first-order chi connectivity index (χ1) is 6.74. The van der Waals surface area contributed by atoms with Crippen LogP contribution >= 0.6 is 23.1 Å². The molecule has 0 saturated carbocycles. The van der Waals surface area contributed by atoms with Crippen LogP contribution in [0, 0.1) is 0 Å². The zero-order valence-electron chi connectivity index (χ0n) is 7.86. The molecule has 3 nitrogen and oxygen atoms in total. The molecule has 0 saturated heterocycles. The van der Waals surface area contributed by atoms with Crippen LogP contribution in [0.15, 0.2) is 16.3 Å². The minimum absolute atomic E-state index is 0.393. The summed E-state index contributed by atoms with van der Waals surface area (Å²) in [5.41, 5.74) is 0. The highest BCUT2D eigenvalue weighted by atomic mass is 32.2. The summed E-state index contributed by atoms with van der Waals surface area (Å²) in [6.07, 6.45) is 0. The molecule has 1 aromatic rings. The molecule has 0 radical (unpaired) electrons. The topological polar surface area (TPSA) is 46.5 Å². The monoisotopic (exact) mass is 232 g/mol. The van der Waals surface area contributed by atoms with Crippen molar-refractivity contribution in [3.63, 3.8) is 0 Å². The number of ether oxygens (including phenoxy) is 1. The Balaban J connectivity index is 2.33. The largest absolute Gasteiger partial charge is 0.477 e. The number of carbonyl (C=O) groups is 1. The Morgan fingerprint density at radius 1 is 1.71 bits per heavy atom. The lowest BCUT2D eigenvalue weighted by Gasteiger charge is -1.98. The van der Waals surface area contributed by atoms with Gasteiger partial charge in [0.1, 0.15) is 4.88 Å². The fraction of sp³-hybridized carbons (Fsp3) is 0.444. The molecule has 0 spiro atoms. The third-order valence-electron chi connectivity index (χ3n) is 1.49. The van der Waals surface area contributed by atoms with Crippen molar-refractivity contribution in [1.82, 2.24) is 0 Å². The lowest BCUT2D eigenvalue weighted by molar-refractivity contribution is 0.0702. The molecule has 0 aliphatic heterocycles. The van der Waals surface area contributed by atoms with E-state index in [0.717, 1.165) is 17.3 Å². The van der Waals surface area contributed by atoms with Crippen LogP contribution in [0.25, 0.3) is 0 Å². The van der Waals surface area contributed by atoms with Crippen molar-refractivity contribution in [1.29, 1.82) is 0 Å². The third kappa shape index (κ3) is 3.69. The van der Waals surface area contributed by atoms with E-state index in [0.29, 0.717) is 11.5 Å². The standard InChI is InChI=1S/C9H12O3S2/c1-2-12-3-4-13-7-5-8(9(10)11)14-6-7/h5-6H,2-4H2,1H3,(H,10,11). The summed E-state index contributed by atoms with van der Waals surface area (Å²) in [5.74, 6) is 0.00977. The maximum Gasteiger partial charge on any atom is 0.345 e. The zero-order valence-corrected chi connectivity index (χ0v) is 9.49. The van der Waals surface area contributed by atoms with Gasteiger partial charge in [0.05, 0.1) is 6.61 Å². The second kappa shape index (κ2) is 6.06. The number of thioether (sulfide) groups is 1. The normalized spacial score (nSPS) is 10.4. The van der Waals surface area contributed by atoms with E-state index in [-0.39, 0.29) is 0 Å².